The molecule has 1 saturated heterocycles. The molecule has 1 aromatic rings. The van der Waals surface area contributed by atoms with E-state index in [0.29, 0.717) is 0 Å². The van der Waals surface area contributed by atoms with Crippen molar-refractivity contribution in [3.63, 3.8) is 0 Å². The van der Waals surface area contributed by atoms with Crippen molar-refractivity contribution < 1.29 is 38.9 Å². The van der Waals surface area contributed by atoms with Crippen LogP contribution in [0.2, 0.25) is 0 Å². The smallest absolute Gasteiger partial charge is 0.408 e. The Hall–Kier alpha value is -3.63. The molecule has 2 atom stereocenters. The number of carbonyl (C=O) groups excluding carboxylic acids is 3. The summed E-state index contributed by atoms with van der Waals surface area (Å²) in [6.45, 7) is 5.63. The Labute approximate surface area is 203 Å². The van der Waals surface area contributed by atoms with Crippen LogP contribution < -0.4 is 10.6 Å². The lowest BCUT2D eigenvalue weighted by molar-refractivity contribution is -0.148. The predicted molar refractivity (Wildman–Crippen MR) is 124 cm³/mol. The van der Waals surface area contributed by atoms with Gasteiger partial charge in [0.1, 0.15) is 17.7 Å². The second kappa shape index (κ2) is 12.2. The molecule has 3 amide bonds. The summed E-state index contributed by atoms with van der Waals surface area (Å²) in [5.74, 6) is -4.18. The number of amides is 3. The van der Waals surface area contributed by atoms with E-state index in [0.717, 1.165) is 5.56 Å². The molecule has 0 saturated carbocycles. The molecule has 11 nitrogen and oxygen atoms in total. The van der Waals surface area contributed by atoms with E-state index in [2.05, 4.69) is 10.6 Å². The molecular formula is C24H33N3O8. The maximum absolute atomic E-state index is 13.3. The number of ether oxygens (including phenoxy) is 1. The lowest BCUT2D eigenvalue weighted by atomic mass is 9.94. The summed E-state index contributed by atoms with van der Waals surface area (Å²) in [6.07, 6.45) is -0.618. The number of carbonyl (C=O) groups is 5. The van der Waals surface area contributed by atoms with E-state index in [-0.39, 0.29) is 38.3 Å². The van der Waals surface area contributed by atoms with Crippen LogP contribution in [0, 0.1) is 5.92 Å². The van der Waals surface area contributed by atoms with Gasteiger partial charge in [-0.15, -0.1) is 0 Å². The van der Waals surface area contributed by atoms with E-state index in [4.69, 9.17) is 14.9 Å². The summed E-state index contributed by atoms with van der Waals surface area (Å²) in [5, 5.41) is 22.9. The molecule has 35 heavy (non-hydrogen) atoms. The zero-order valence-electron chi connectivity index (χ0n) is 20.2. The molecule has 0 radical (unpaired) electrons. The molecule has 0 bridgehead atoms. The van der Waals surface area contributed by atoms with E-state index in [1.165, 1.54) is 0 Å². The number of alkyl carbamates (subject to hydrolysis) is 1. The van der Waals surface area contributed by atoms with Gasteiger partial charge in [-0.25, -0.2) is 9.59 Å². The van der Waals surface area contributed by atoms with Crippen LogP contribution in [0.25, 0.3) is 0 Å². The number of hydrogen-bond donors (Lipinski definition) is 4. The van der Waals surface area contributed by atoms with Crippen LogP contribution in [0.5, 0.6) is 0 Å². The number of likely N-dealkylation sites (tertiary alicyclic amines) is 1. The normalized spacial score (nSPS) is 16.0. The zero-order chi connectivity index (χ0) is 26.2. The molecule has 0 aromatic heterocycles. The van der Waals surface area contributed by atoms with Crippen molar-refractivity contribution in [3.05, 3.63) is 35.9 Å². The fourth-order valence-electron chi connectivity index (χ4n) is 3.75. The third kappa shape index (κ3) is 9.26. The van der Waals surface area contributed by atoms with Gasteiger partial charge >= 0.3 is 18.0 Å². The molecule has 4 N–H and O–H groups in total. The lowest BCUT2D eigenvalue weighted by Gasteiger charge is -2.34. The number of carboxylic acids is 2. The quantitative estimate of drug-likeness (QED) is 0.403. The number of nitrogens with one attached hydrogen (secondary N) is 2. The van der Waals surface area contributed by atoms with Crippen molar-refractivity contribution in [2.45, 2.75) is 64.1 Å². The maximum Gasteiger partial charge on any atom is 0.408 e. The summed E-state index contributed by atoms with van der Waals surface area (Å²) < 4.78 is 5.31. The third-order valence-corrected chi connectivity index (χ3v) is 5.44. The first kappa shape index (κ1) is 27.6. The molecule has 1 heterocycles. The molecule has 0 unspecified atom stereocenters. The van der Waals surface area contributed by atoms with Crippen molar-refractivity contribution in [1.29, 1.82) is 0 Å². The number of carboxylic acid groups (broad SMARTS) is 2. The van der Waals surface area contributed by atoms with Crippen molar-refractivity contribution >= 4 is 29.8 Å². The van der Waals surface area contributed by atoms with Crippen LogP contribution in [0.3, 0.4) is 0 Å². The summed E-state index contributed by atoms with van der Waals surface area (Å²) in [7, 11) is 0. The predicted octanol–water partition coefficient (Wildman–Crippen LogP) is 1.41. The third-order valence-electron chi connectivity index (χ3n) is 5.44. The number of nitrogens with zero attached hydrogens (tertiary/aromatic N) is 1. The molecule has 1 aliphatic rings. The molecular weight excluding hydrogens is 458 g/mol. The first-order valence-electron chi connectivity index (χ1n) is 11.4. The minimum atomic E-state index is -1.52. The first-order chi connectivity index (χ1) is 16.4. The Morgan fingerprint density at radius 2 is 1.60 bits per heavy atom. The van der Waals surface area contributed by atoms with E-state index in [9.17, 15) is 24.0 Å². The molecule has 2 rings (SSSR count). The molecule has 192 valence electrons. The van der Waals surface area contributed by atoms with Gasteiger partial charge in [0.05, 0.1) is 6.42 Å². The van der Waals surface area contributed by atoms with Gasteiger partial charge in [-0.2, -0.15) is 0 Å². The maximum atomic E-state index is 13.3. The highest BCUT2D eigenvalue weighted by molar-refractivity contribution is 5.89. The van der Waals surface area contributed by atoms with E-state index >= 15 is 0 Å². The van der Waals surface area contributed by atoms with Crippen LogP contribution in [0.1, 0.15) is 45.6 Å². The second-order valence-corrected chi connectivity index (χ2v) is 9.49. The largest absolute Gasteiger partial charge is 0.481 e. The second-order valence-electron chi connectivity index (χ2n) is 9.49. The monoisotopic (exact) mass is 491 g/mol. The summed E-state index contributed by atoms with van der Waals surface area (Å²) in [5.41, 5.74) is 0.124. The Balaban J connectivity index is 2.02. The van der Waals surface area contributed by atoms with Gasteiger partial charge in [0.15, 0.2) is 0 Å². The first-order valence-corrected chi connectivity index (χ1v) is 11.4. The molecule has 11 heteroatoms. The number of aliphatic carboxylic acids is 2. The number of benzene rings is 1. The van der Waals surface area contributed by atoms with Crippen LogP contribution in [-0.2, 0) is 30.3 Å². The number of piperidine rings is 1. The van der Waals surface area contributed by atoms with Gasteiger partial charge in [-0.1, -0.05) is 30.3 Å². The average Bonchev–Trinajstić information content (AvgIpc) is 2.77. The molecule has 1 aromatic carbocycles. The van der Waals surface area contributed by atoms with Gasteiger partial charge in [-0.3, -0.25) is 14.4 Å². The minimum Gasteiger partial charge on any atom is -0.481 e. The highest BCUT2D eigenvalue weighted by Crippen LogP contribution is 2.20. The lowest BCUT2D eigenvalue weighted by Crippen LogP contribution is -2.53. The Bertz CT molecular complexity index is 920. The highest BCUT2D eigenvalue weighted by atomic mass is 16.6. The molecule has 1 aliphatic heterocycles. The molecule has 0 spiro atoms. The Morgan fingerprint density at radius 3 is 2.11 bits per heavy atom. The van der Waals surface area contributed by atoms with Crippen LogP contribution in [0.15, 0.2) is 30.3 Å². The Morgan fingerprint density at radius 1 is 1.00 bits per heavy atom. The van der Waals surface area contributed by atoms with Gasteiger partial charge in [-0.05, 0) is 39.2 Å². The molecule has 1 fully saturated rings. The van der Waals surface area contributed by atoms with Gasteiger partial charge in [0, 0.05) is 25.4 Å². The van der Waals surface area contributed by atoms with Crippen LogP contribution in [0.4, 0.5) is 4.79 Å². The minimum absolute atomic E-state index is 0.231. The SMILES string of the molecule is CC(C)(C)OC(=O)N[C@@H](Cc1ccccc1)C(=O)N1CCC(C(=O)N[C@@H](CC(=O)O)C(=O)O)CC1. The van der Waals surface area contributed by atoms with E-state index in [1.807, 2.05) is 30.3 Å². The van der Waals surface area contributed by atoms with Gasteiger partial charge < -0.3 is 30.5 Å². The summed E-state index contributed by atoms with van der Waals surface area (Å²) in [6, 6.07) is 6.83. The summed E-state index contributed by atoms with van der Waals surface area (Å²) >= 11 is 0. The van der Waals surface area contributed by atoms with Crippen molar-refractivity contribution in [1.82, 2.24) is 15.5 Å². The van der Waals surface area contributed by atoms with Crippen molar-refractivity contribution in [3.8, 4) is 0 Å². The van der Waals surface area contributed by atoms with Crippen molar-refractivity contribution in [2.24, 2.45) is 5.92 Å². The zero-order valence-corrected chi connectivity index (χ0v) is 20.2. The Kier molecular flexibility index (Phi) is 9.61. The van der Waals surface area contributed by atoms with Gasteiger partial charge in [0.25, 0.3) is 0 Å². The molecule has 0 aliphatic carbocycles. The summed E-state index contributed by atoms with van der Waals surface area (Å²) in [4.78, 5) is 61.8. The van der Waals surface area contributed by atoms with Crippen molar-refractivity contribution in [2.75, 3.05) is 13.1 Å². The van der Waals surface area contributed by atoms with E-state index in [1.54, 1.807) is 25.7 Å². The topological polar surface area (TPSA) is 162 Å². The van der Waals surface area contributed by atoms with Crippen LogP contribution in [-0.4, -0.2) is 75.7 Å². The fourth-order valence-corrected chi connectivity index (χ4v) is 3.75. The number of hydrogen-bond acceptors (Lipinski definition) is 6. The average molecular weight is 492 g/mol. The highest BCUT2D eigenvalue weighted by Gasteiger charge is 2.34. The van der Waals surface area contributed by atoms with E-state index < -0.39 is 54.0 Å². The van der Waals surface area contributed by atoms with Crippen LogP contribution >= 0.6 is 0 Å². The number of rotatable bonds is 9. The van der Waals surface area contributed by atoms with Gasteiger partial charge in [0.2, 0.25) is 11.8 Å². The fraction of sp³-hybridized carbons (Fsp3) is 0.542. The standard InChI is InChI=1S/C24H33N3O8/c1-24(2,3)35-23(34)26-17(13-15-7-5-4-6-8-15)21(31)27-11-9-16(10-12-27)20(30)25-18(22(32)33)14-19(28)29/h4-8,16-18H,9-14H2,1-3H3,(H,25,30)(H,26,34)(H,28,29)(H,32,33)/t17-,18-/m0/s1.